The second kappa shape index (κ2) is 11.4. The summed E-state index contributed by atoms with van der Waals surface area (Å²) in [5.74, 6) is -0.997. The molecule has 5 atom stereocenters. The highest BCUT2D eigenvalue weighted by Crippen LogP contribution is 2.67. The Hall–Kier alpha value is -1.69. The van der Waals surface area contributed by atoms with Crippen LogP contribution in [0.3, 0.4) is 0 Å². The molecule has 2 aromatic carbocycles. The van der Waals surface area contributed by atoms with E-state index in [1.165, 1.54) is 38.1 Å². The molecule has 0 aliphatic carbocycles. The van der Waals surface area contributed by atoms with E-state index in [0.717, 1.165) is 5.56 Å². The Morgan fingerprint density at radius 3 is 2.13 bits per heavy atom. The zero-order chi connectivity index (χ0) is 27.6. The molecule has 2 saturated heterocycles. The topological polar surface area (TPSA) is 107 Å². The zero-order valence-electron chi connectivity index (χ0n) is 21.8. The van der Waals surface area contributed by atoms with Crippen molar-refractivity contribution in [2.45, 2.75) is 80.7 Å². The molecule has 0 N–H and O–H groups in total. The minimum atomic E-state index is -4.92. The molecule has 0 spiro atoms. The summed E-state index contributed by atoms with van der Waals surface area (Å²) in [4.78, 5) is -0.365. The van der Waals surface area contributed by atoms with E-state index >= 15 is 4.39 Å². The maximum Gasteiger partial charge on any atom is 0.383 e. The highest BCUT2D eigenvalue weighted by atomic mass is 32.2. The van der Waals surface area contributed by atoms with Crippen LogP contribution < -0.4 is 0 Å². The van der Waals surface area contributed by atoms with Gasteiger partial charge in [-0.25, -0.2) is 12.8 Å². The van der Waals surface area contributed by atoms with Crippen molar-refractivity contribution in [2.24, 2.45) is 0 Å². The first-order valence-corrected chi connectivity index (χ1v) is 15.5. The molecule has 4 rings (SSSR count). The highest BCUT2D eigenvalue weighted by Gasteiger charge is 2.66. The zero-order valence-corrected chi connectivity index (χ0v) is 23.5. The van der Waals surface area contributed by atoms with Gasteiger partial charge in [0.15, 0.2) is 12.1 Å². The van der Waals surface area contributed by atoms with Crippen LogP contribution in [0.2, 0.25) is 0 Å². The predicted octanol–water partition coefficient (Wildman–Crippen LogP) is 5.20. The van der Waals surface area contributed by atoms with Crippen molar-refractivity contribution in [1.82, 2.24) is 0 Å². The van der Waals surface area contributed by atoms with Gasteiger partial charge in [0, 0.05) is 6.42 Å². The first kappa shape index (κ1) is 29.3. The average molecular weight is 573 g/mol. The monoisotopic (exact) mass is 572 g/mol. The Balaban J connectivity index is 1.73. The Morgan fingerprint density at radius 1 is 0.974 bits per heavy atom. The van der Waals surface area contributed by atoms with Crippen molar-refractivity contribution in [3.8, 4) is 0 Å². The van der Waals surface area contributed by atoms with Crippen LogP contribution in [0.25, 0.3) is 0 Å². The van der Waals surface area contributed by atoms with Crippen molar-refractivity contribution in [3.63, 3.8) is 0 Å². The maximum absolute atomic E-state index is 17.3. The van der Waals surface area contributed by atoms with Gasteiger partial charge in [0.1, 0.15) is 12.2 Å². The predicted molar refractivity (Wildman–Crippen MR) is 137 cm³/mol. The van der Waals surface area contributed by atoms with E-state index in [2.05, 4.69) is 0 Å². The number of hydrogen-bond donors (Lipinski definition) is 0. The molecule has 9 nitrogen and oxygen atoms in total. The van der Waals surface area contributed by atoms with E-state index in [1.807, 2.05) is 30.3 Å². The van der Waals surface area contributed by atoms with Gasteiger partial charge in [-0.05, 0) is 45.4 Å². The third-order valence-electron chi connectivity index (χ3n) is 6.30. The fourth-order valence-corrected chi connectivity index (χ4v) is 9.26. The lowest BCUT2D eigenvalue weighted by Gasteiger charge is -2.35. The summed E-state index contributed by atoms with van der Waals surface area (Å²) < 4.78 is 89.8. The SMILES string of the molecule is CCOP(=O)(OCC)C(F)(C[C@H]1O[C@@H]2OC(C)(C)O[C@@H]2[C@@H]1OCc1ccccc1)S(=O)(=O)c1ccccc1. The summed E-state index contributed by atoms with van der Waals surface area (Å²) in [6, 6.07) is 16.2. The highest BCUT2D eigenvalue weighted by molar-refractivity contribution is 7.99. The van der Waals surface area contributed by atoms with Crippen LogP contribution in [0, 0.1) is 0 Å². The molecule has 38 heavy (non-hydrogen) atoms. The van der Waals surface area contributed by atoms with E-state index in [0.29, 0.717) is 0 Å². The molecule has 2 fully saturated rings. The molecule has 210 valence electrons. The average Bonchev–Trinajstić information content (AvgIpc) is 3.34. The molecule has 1 unspecified atom stereocenters. The molecule has 2 aromatic rings. The molecule has 2 aliphatic heterocycles. The van der Waals surface area contributed by atoms with Gasteiger partial charge in [0.25, 0.3) is 0 Å². The standard InChI is InChI=1S/C26H34FO9PS/c1-5-32-37(28,33-6-2)26(27,38(29,30)20-15-11-8-12-16-20)17-21-22(31-18-19-13-9-7-10-14-19)23-24(34-21)36-25(3,4)35-23/h7-16,21-24H,5-6,17-18H2,1-4H3/t21-,22-,23-,24-,26?/m1/s1. The fraction of sp³-hybridized carbons (Fsp3) is 0.538. The van der Waals surface area contributed by atoms with Gasteiger partial charge in [-0.1, -0.05) is 48.5 Å². The van der Waals surface area contributed by atoms with E-state index in [-0.39, 0.29) is 24.7 Å². The molecule has 0 amide bonds. The molecule has 0 radical (unpaired) electrons. The number of sulfone groups is 1. The maximum atomic E-state index is 17.3. The number of ether oxygens (including phenoxy) is 4. The Morgan fingerprint density at radius 2 is 1.55 bits per heavy atom. The Kier molecular flexibility index (Phi) is 8.81. The molecule has 0 aromatic heterocycles. The van der Waals surface area contributed by atoms with Crippen molar-refractivity contribution in [1.29, 1.82) is 0 Å². The van der Waals surface area contributed by atoms with Gasteiger partial charge in [0.2, 0.25) is 9.84 Å². The first-order valence-electron chi connectivity index (χ1n) is 12.5. The molecule has 2 aliphatic rings. The fourth-order valence-electron chi connectivity index (χ4n) is 4.65. The van der Waals surface area contributed by atoms with E-state index in [9.17, 15) is 13.0 Å². The van der Waals surface area contributed by atoms with Crippen LogP contribution >= 0.6 is 7.60 Å². The Bertz CT molecular complexity index is 1220. The van der Waals surface area contributed by atoms with Crippen LogP contribution in [0.4, 0.5) is 4.39 Å². The largest absolute Gasteiger partial charge is 0.383 e. The number of alkyl halides is 1. The molecule has 2 heterocycles. The second-order valence-corrected chi connectivity index (χ2v) is 14.1. The van der Waals surface area contributed by atoms with Crippen LogP contribution in [0.5, 0.6) is 0 Å². The normalized spacial score (nSPS) is 26.7. The molecule has 0 bridgehead atoms. The number of rotatable bonds is 12. The van der Waals surface area contributed by atoms with E-state index in [4.69, 9.17) is 28.0 Å². The molecular formula is C26H34FO9PS. The molecule has 0 saturated carbocycles. The van der Waals surface area contributed by atoms with Crippen LogP contribution in [0.1, 0.15) is 39.7 Å². The summed E-state index contributed by atoms with van der Waals surface area (Å²) in [6.07, 6.45) is -4.79. The molecule has 12 heteroatoms. The number of halogens is 1. The van der Waals surface area contributed by atoms with Gasteiger partial charge >= 0.3 is 12.3 Å². The third-order valence-corrected chi connectivity index (χ3v) is 11.8. The van der Waals surface area contributed by atoms with Gasteiger partial charge in [-0.15, -0.1) is 0 Å². The van der Waals surface area contributed by atoms with Crippen molar-refractivity contribution in [2.75, 3.05) is 13.2 Å². The summed E-state index contributed by atoms with van der Waals surface area (Å²) in [5, 5.41) is 0. The second-order valence-electron chi connectivity index (χ2n) is 9.45. The minimum Gasteiger partial charge on any atom is -0.368 e. The van der Waals surface area contributed by atoms with Gasteiger partial charge in [-0.2, -0.15) is 0 Å². The number of benzene rings is 2. The number of hydrogen-bond acceptors (Lipinski definition) is 9. The van der Waals surface area contributed by atoms with Gasteiger partial charge in [0.05, 0.1) is 30.8 Å². The van der Waals surface area contributed by atoms with E-state index in [1.54, 1.807) is 19.9 Å². The van der Waals surface area contributed by atoms with Gasteiger partial charge in [-0.3, -0.25) is 4.57 Å². The van der Waals surface area contributed by atoms with Crippen LogP contribution in [-0.4, -0.2) is 56.8 Å². The molecular weight excluding hydrogens is 538 g/mol. The lowest BCUT2D eigenvalue weighted by atomic mass is 10.1. The Labute approximate surface area is 223 Å². The lowest BCUT2D eigenvalue weighted by molar-refractivity contribution is -0.220. The van der Waals surface area contributed by atoms with Crippen molar-refractivity contribution < 1.29 is 45.4 Å². The summed E-state index contributed by atoms with van der Waals surface area (Å²) >= 11 is 0. The van der Waals surface area contributed by atoms with E-state index < -0.39 is 59.0 Å². The summed E-state index contributed by atoms with van der Waals surface area (Å²) in [5.41, 5.74) is 0.839. The summed E-state index contributed by atoms with van der Waals surface area (Å²) in [6.45, 7) is 6.01. The van der Waals surface area contributed by atoms with Crippen LogP contribution in [-0.2, 0) is 49.0 Å². The third kappa shape index (κ3) is 5.62. The first-order chi connectivity index (χ1) is 18.0. The van der Waals surface area contributed by atoms with Crippen molar-refractivity contribution in [3.05, 3.63) is 66.2 Å². The minimum absolute atomic E-state index is 0.123. The van der Waals surface area contributed by atoms with Crippen molar-refractivity contribution >= 4 is 17.4 Å². The number of fused-ring (bicyclic) bond motifs is 1. The summed E-state index contributed by atoms with van der Waals surface area (Å²) in [7, 11) is -9.84. The van der Waals surface area contributed by atoms with Crippen LogP contribution in [0.15, 0.2) is 65.6 Å². The lowest BCUT2D eigenvalue weighted by Crippen LogP contribution is -2.44. The smallest absolute Gasteiger partial charge is 0.368 e. The van der Waals surface area contributed by atoms with Gasteiger partial charge < -0.3 is 28.0 Å². The quantitative estimate of drug-likeness (QED) is 0.317.